The summed E-state index contributed by atoms with van der Waals surface area (Å²) in [4.78, 5) is 54.8. The van der Waals surface area contributed by atoms with Gasteiger partial charge in [0.15, 0.2) is 5.96 Å². The number of hydrogen-bond donors (Lipinski definition) is 7. The Kier molecular flexibility index (Phi) is 15.6. The number of amides is 3. The minimum absolute atomic E-state index is 0.0449. The lowest BCUT2D eigenvalue weighted by atomic mass is 10.0. The van der Waals surface area contributed by atoms with Crippen LogP contribution in [-0.2, 0) is 25.6 Å². The van der Waals surface area contributed by atoms with Crippen LogP contribution in [0.4, 0.5) is 0 Å². The molecule has 0 spiro atoms. The Labute approximate surface area is 234 Å². The number of benzene rings is 1. The highest BCUT2D eigenvalue weighted by Gasteiger charge is 2.30. The third-order valence-electron chi connectivity index (χ3n) is 5.79. The molecule has 0 aromatic heterocycles. The number of hydrogen-bond acceptors (Lipinski definition) is 7. The third kappa shape index (κ3) is 13.9. The lowest BCUT2D eigenvalue weighted by molar-refractivity contribution is -0.142. The zero-order chi connectivity index (χ0) is 29.4. The summed E-state index contributed by atoms with van der Waals surface area (Å²) in [5.74, 6) is -2.26. The van der Waals surface area contributed by atoms with Crippen molar-refractivity contribution < 1.29 is 24.3 Å². The molecule has 4 unspecified atom stereocenters. The maximum absolute atomic E-state index is 13.2. The number of nitrogens with zero attached hydrogens (tertiary/aromatic N) is 1. The van der Waals surface area contributed by atoms with Crippen LogP contribution in [-0.4, -0.2) is 77.5 Å². The largest absolute Gasteiger partial charge is 0.480 e. The second kappa shape index (κ2) is 18.1. The number of thioether (sulfide) groups is 1. The molecule has 0 aliphatic rings. The Morgan fingerprint density at radius 1 is 0.923 bits per heavy atom. The Bertz CT molecular complexity index is 957. The molecule has 12 nitrogen and oxygen atoms in total. The topological polar surface area (TPSA) is 215 Å². The average Bonchev–Trinajstić information content (AvgIpc) is 2.87. The van der Waals surface area contributed by atoms with Gasteiger partial charge in [-0.25, -0.2) is 4.79 Å². The number of carboxylic acid groups (broad SMARTS) is 1. The van der Waals surface area contributed by atoms with Crippen LogP contribution in [0.3, 0.4) is 0 Å². The summed E-state index contributed by atoms with van der Waals surface area (Å²) in [6.45, 7) is 4.13. The molecule has 0 saturated carbocycles. The predicted molar refractivity (Wildman–Crippen MR) is 154 cm³/mol. The second-order valence-electron chi connectivity index (χ2n) is 9.68. The van der Waals surface area contributed by atoms with Gasteiger partial charge < -0.3 is 38.3 Å². The molecule has 0 fully saturated rings. The van der Waals surface area contributed by atoms with Crippen molar-refractivity contribution in [1.29, 1.82) is 0 Å². The zero-order valence-corrected chi connectivity index (χ0v) is 23.7. The smallest absolute Gasteiger partial charge is 0.326 e. The molecular weight excluding hydrogens is 522 g/mol. The number of nitrogens with one attached hydrogen (secondary N) is 3. The fourth-order valence-electron chi connectivity index (χ4n) is 3.73. The molecule has 13 heteroatoms. The number of rotatable bonds is 18. The first-order valence-corrected chi connectivity index (χ1v) is 14.3. The summed E-state index contributed by atoms with van der Waals surface area (Å²) in [6, 6.07) is 5.00. The van der Waals surface area contributed by atoms with Crippen LogP contribution in [0.2, 0.25) is 0 Å². The van der Waals surface area contributed by atoms with E-state index in [1.165, 1.54) is 11.8 Å². The average molecular weight is 566 g/mol. The molecule has 0 saturated heterocycles. The Morgan fingerprint density at radius 3 is 2.08 bits per heavy atom. The van der Waals surface area contributed by atoms with E-state index in [1.807, 2.05) is 26.2 Å². The van der Waals surface area contributed by atoms with E-state index in [1.54, 1.807) is 24.3 Å². The minimum atomic E-state index is -1.18. The van der Waals surface area contributed by atoms with Crippen molar-refractivity contribution in [3.05, 3.63) is 35.9 Å². The molecule has 10 N–H and O–H groups in total. The second-order valence-corrected chi connectivity index (χ2v) is 10.7. The van der Waals surface area contributed by atoms with Gasteiger partial charge in [-0.15, -0.1) is 0 Å². The molecule has 0 radical (unpaired) electrons. The SMILES string of the molecule is CSCCC(NC(=O)C(CC(C)C)NC(=O)C(N)CCCN=C(N)N)C(=O)NC(Cc1ccccc1)C(=O)O. The van der Waals surface area contributed by atoms with E-state index in [0.717, 1.165) is 5.56 Å². The maximum atomic E-state index is 13.2. The fourth-order valence-corrected chi connectivity index (χ4v) is 4.20. The van der Waals surface area contributed by atoms with Gasteiger partial charge in [-0.05, 0) is 49.2 Å². The Balaban J connectivity index is 2.92. The molecule has 1 aromatic rings. The van der Waals surface area contributed by atoms with Crippen LogP contribution in [0.15, 0.2) is 35.3 Å². The van der Waals surface area contributed by atoms with Crippen LogP contribution in [0.25, 0.3) is 0 Å². The van der Waals surface area contributed by atoms with Crippen molar-refractivity contribution in [3.63, 3.8) is 0 Å². The summed E-state index contributed by atoms with van der Waals surface area (Å²) in [6.07, 6.45) is 3.36. The summed E-state index contributed by atoms with van der Waals surface area (Å²) in [5.41, 5.74) is 17.3. The van der Waals surface area contributed by atoms with Gasteiger partial charge in [0, 0.05) is 13.0 Å². The summed E-state index contributed by atoms with van der Waals surface area (Å²) in [7, 11) is 0. The molecular formula is C26H43N7O5S. The third-order valence-corrected chi connectivity index (χ3v) is 6.43. The standard InChI is InChI=1S/C26H43N7O5S/c1-16(2)14-20(32-22(34)18(27)10-7-12-30-26(28)29)24(36)31-19(11-13-39-3)23(35)33-21(25(37)38)15-17-8-5-4-6-9-17/h4-6,8-9,16,18-21H,7,10-15,27H2,1-3H3,(H,31,36)(H,32,34)(H,33,35)(H,37,38)(H4,28,29,30). The summed E-state index contributed by atoms with van der Waals surface area (Å²) >= 11 is 1.49. The van der Waals surface area contributed by atoms with Crippen molar-refractivity contribution in [2.45, 2.75) is 70.1 Å². The molecule has 4 atom stereocenters. The minimum Gasteiger partial charge on any atom is -0.480 e. The van der Waals surface area contributed by atoms with Crippen LogP contribution in [0, 0.1) is 5.92 Å². The maximum Gasteiger partial charge on any atom is 0.326 e. The van der Waals surface area contributed by atoms with Gasteiger partial charge in [-0.2, -0.15) is 11.8 Å². The molecule has 3 amide bonds. The number of carbonyl (C=O) groups is 4. The van der Waals surface area contributed by atoms with E-state index in [4.69, 9.17) is 17.2 Å². The number of aliphatic imine (C=N–C) groups is 1. The van der Waals surface area contributed by atoms with E-state index in [9.17, 15) is 24.3 Å². The Hall–Kier alpha value is -3.32. The van der Waals surface area contributed by atoms with E-state index >= 15 is 0 Å². The number of aliphatic carboxylic acids is 1. The first-order chi connectivity index (χ1) is 18.4. The normalized spacial score (nSPS) is 14.0. The van der Waals surface area contributed by atoms with Crippen LogP contribution in [0.1, 0.15) is 45.1 Å². The van der Waals surface area contributed by atoms with Crippen molar-refractivity contribution in [3.8, 4) is 0 Å². The molecule has 0 heterocycles. The molecule has 218 valence electrons. The zero-order valence-electron chi connectivity index (χ0n) is 22.9. The van der Waals surface area contributed by atoms with Crippen LogP contribution in [0.5, 0.6) is 0 Å². The van der Waals surface area contributed by atoms with Gasteiger partial charge in [0.2, 0.25) is 17.7 Å². The summed E-state index contributed by atoms with van der Waals surface area (Å²) < 4.78 is 0. The van der Waals surface area contributed by atoms with Crippen LogP contribution >= 0.6 is 11.8 Å². The van der Waals surface area contributed by atoms with E-state index in [0.29, 0.717) is 31.6 Å². The number of nitrogens with two attached hydrogens (primary N) is 3. The monoisotopic (exact) mass is 565 g/mol. The number of carboxylic acids is 1. The van der Waals surface area contributed by atoms with Gasteiger partial charge in [-0.1, -0.05) is 44.2 Å². The van der Waals surface area contributed by atoms with Crippen molar-refractivity contribution in [1.82, 2.24) is 16.0 Å². The van der Waals surface area contributed by atoms with Gasteiger partial charge in [0.1, 0.15) is 18.1 Å². The molecule has 39 heavy (non-hydrogen) atoms. The quantitative estimate of drug-likeness (QED) is 0.0720. The lowest BCUT2D eigenvalue weighted by Gasteiger charge is -2.26. The predicted octanol–water partition coefficient (Wildman–Crippen LogP) is -0.0518. The number of carbonyl (C=O) groups excluding carboxylic acids is 3. The van der Waals surface area contributed by atoms with E-state index in [-0.39, 0.29) is 24.7 Å². The molecule has 1 aromatic carbocycles. The molecule has 0 bridgehead atoms. The Morgan fingerprint density at radius 2 is 1.51 bits per heavy atom. The van der Waals surface area contributed by atoms with Crippen molar-refractivity contribution in [2.24, 2.45) is 28.1 Å². The fraction of sp³-hybridized carbons (Fsp3) is 0.577. The van der Waals surface area contributed by atoms with Gasteiger partial charge in [-0.3, -0.25) is 19.4 Å². The highest BCUT2D eigenvalue weighted by Crippen LogP contribution is 2.10. The highest BCUT2D eigenvalue weighted by molar-refractivity contribution is 7.98. The highest BCUT2D eigenvalue weighted by atomic mass is 32.2. The number of guanidine groups is 1. The first-order valence-electron chi connectivity index (χ1n) is 12.9. The van der Waals surface area contributed by atoms with Gasteiger partial charge in [0.05, 0.1) is 6.04 Å². The molecule has 0 aliphatic carbocycles. The molecule has 1 rings (SSSR count). The van der Waals surface area contributed by atoms with E-state index in [2.05, 4.69) is 20.9 Å². The molecule has 0 aliphatic heterocycles. The van der Waals surface area contributed by atoms with Gasteiger partial charge >= 0.3 is 5.97 Å². The van der Waals surface area contributed by atoms with Crippen LogP contribution < -0.4 is 33.2 Å². The summed E-state index contributed by atoms with van der Waals surface area (Å²) in [5, 5.41) is 17.7. The van der Waals surface area contributed by atoms with E-state index < -0.39 is 47.9 Å². The van der Waals surface area contributed by atoms with Crippen molar-refractivity contribution >= 4 is 41.4 Å². The van der Waals surface area contributed by atoms with Gasteiger partial charge in [0.25, 0.3) is 0 Å². The van der Waals surface area contributed by atoms with Crippen molar-refractivity contribution in [2.75, 3.05) is 18.6 Å². The first kappa shape index (κ1) is 33.7. The lowest BCUT2D eigenvalue weighted by Crippen LogP contribution is -2.57.